The van der Waals surface area contributed by atoms with Crippen molar-refractivity contribution in [2.45, 2.75) is 77.7 Å². The van der Waals surface area contributed by atoms with Gasteiger partial charge in [-0.05, 0) is 104 Å². The molecule has 4 aliphatic carbocycles. The van der Waals surface area contributed by atoms with Crippen LogP contribution in [0.2, 0.25) is 0 Å². The second-order valence-corrected chi connectivity index (χ2v) is 10.2. The fraction of sp³-hybridized carbons (Fsp3) is 0.552. The fourth-order valence-electron chi connectivity index (χ4n) is 7.05. The van der Waals surface area contributed by atoms with E-state index in [1.165, 1.54) is 16.7 Å². The van der Waals surface area contributed by atoms with Crippen molar-refractivity contribution in [2.75, 3.05) is 7.11 Å². The Hall–Kier alpha value is -2.31. The Morgan fingerprint density at radius 1 is 1.19 bits per heavy atom. The topological polar surface area (TPSA) is 46.5 Å². The highest BCUT2D eigenvalue weighted by Crippen LogP contribution is 2.63. The van der Waals surface area contributed by atoms with E-state index in [0.717, 1.165) is 49.8 Å². The first kappa shape index (κ1) is 22.9. The van der Waals surface area contributed by atoms with Crippen molar-refractivity contribution in [2.24, 2.45) is 17.3 Å². The lowest BCUT2D eigenvalue weighted by molar-refractivity contribution is -0.114. The summed E-state index contributed by atoms with van der Waals surface area (Å²) in [5.74, 6) is 4.90. The smallest absolute Gasteiger partial charge is 0.156 e. The first-order valence-electron chi connectivity index (χ1n) is 12.0. The van der Waals surface area contributed by atoms with Gasteiger partial charge in [0.1, 0.15) is 5.75 Å². The molecule has 5 rings (SSSR count). The Kier molecular flexibility index (Phi) is 6.37. The van der Waals surface area contributed by atoms with E-state index in [2.05, 4.69) is 44.4 Å². The third-order valence-electron chi connectivity index (χ3n) is 8.50. The first-order chi connectivity index (χ1) is 15.3. The Morgan fingerprint density at radius 2 is 1.94 bits per heavy atom. The summed E-state index contributed by atoms with van der Waals surface area (Å²) in [6.45, 7) is 6.09. The molecule has 3 heteroatoms. The number of aryl methyl sites for hydroxylation is 1. The minimum Gasteiger partial charge on any atom is -0.496 e. The van der Waals surface area contributed by atoms with Gasteiger partial charge in [0.15, 0.2) is 5.78 Å². The van der Waals surface area contributed by atoms with Gasteiger partial charge in [-0.2, -0.15) is 0 Å². The Labute approximate surface area is 192 Å². The zero-order chi connectivity index (χ0) is 23.0. The first-order valence-corrected chi connectivity index (χ1v) is 12.0. The van der Waals surface area contributed by atoms with Crippen molar-refractivity contribution in [1.82, 2.24) is 0 Å². The third kappa shape index (κ3) is 3.73. The summed E-state index contributed by atoms with van der Waals surface area (Å²) in [6.07, 6.45) is 13.1. The van der Waals surface area contributed by atoms with Crippen molar-refractivity contribution < 1.29 is 14.6 Å². The van der Waals surface area contributed by atoms with Crippen LogP contribution in [0.5, 0.6) is 5.75 Å². The molecule has 0 heterocycles. The van der Waals surface area contributed by atoms with Gasteiger partial charge in [0, 0.05) is 12.3 Å². The lowest BCUT2D eigenvalue weighted by Gasteiger charge is -2.52. The number of ether oxygens (including phenoxy) is 1. The molecule has 1 N–H and O–H groups in total. The average molecular weight is 433 g/mol. The van der Waals surface area contributed by atoms with Gasteiger partial charge in [0.05, 0.1) is 13.2 Å². The van der Waals surface area contributed by atoms with Crippen LogP contribution in [0.4, 0.5) is 0 Å². The van der Waals surface area contributed by atoms with E-state index >= 15 is 0 Å². The number of aliphatic hydroxyl groups excluding tert-OH is 1. The van der Waals surface area contributed by atoms with Crippen LogP contribution in [0.25, 0.3) is 0 Å². The average Bonchev–Trinajstić information content (AvgIpc) is 3.07. The molecule has 32 heavy (non-hydrogen) atoms. The minimum absolute atomic E-state index is 0.0150. The number of rotatable bonds is 2. The fourth-order valence-corrected chi connectivity index (χ4v) is 7.05. The molecule has 0 aliphatic heterocycles. The molecule has 0 aromatic heterocycles. The Balaban J connectivity index is 0.000000775. The van der Waals surface area contributed by atoms with Crippen molar-refractivity contribution in [3.8, 4) is 18.1 Å². The Morgan fingerprint density at radius 3 is 2.62 bits per heavy atom. The summed E-state index contributed by atoms with van der Waals surface area (Å²) in [5.41, 5.74) is 6.85. The van der Waals surface area contributed by atoms with Crippen LogP contribution < -0.4 is 4.74 Å². The standard InChI is InChI=1S/C26H32O3.C3H4/c1-15-12-16(5-10-23(15)29-3)21-14-26(2)22(9-11-24(26)28)20-7-4-17-13-18(27)6-8-19(17)25(20)21;1-3-2/h5,10,12-13,20-22,24,28H,4,6-9,11,14H2,1-3H3;1H,2H3. The van der Waals surface area contributed by atoms with E-state index in [1.807, 2.05) is 6.08 Å². The molecule has 1 aromatic rings. The van der Waals surface area contributed by atoms with Gasteiger partial charge in [0.2, 0.25) is 0 Å². The number of methoxy groups -OCH3 is 1. The molecule has 4 aliphatic rings. The molecule has 5 atom stereocenters. The van der Waals surface area contributed by atoms with Gasteiger partial charge in [-0.25, -0.2) is 0 Å². The summed E-state index contributed by atoms with van der Waals surface area (Å²) in [6, 6.07) is 6.59. The van der Waals surface area contributed by atoms with E-state index in [9.17, 15) is 9.90 Å². The largest absolute Gasteiger partial charge is 0.496 e. The number of aliphatic hydroxyl groups is 1. The van der Waals surface area contributed by atoms with Crippen molar-refractivity contribution >= 4 is 5.78 Å². The van der Waals surface area contributed by atoms with Crippen LogP contribution in [0.1, 0.15) is 75.8 Å². The normalized spacial score (nSPS) is 33.1. The van der Waals surface area contributed by atoms with E-state index in [0.29, 0.717) is 24.2 Å². The highest BCUT2D eigenvalue weighted by molar-refractivity contribution is 5.93. The summed E-state index contributed by atoms with van der Waals surface area (Å²) in [7, 11) is 1.72. The second kappa shape index (κ2) is 8.91. The molecular weight excluding hydrogens is 396 g/mol. The van der Waals surface area contributed by atoms with Gasteiger partial charge in [0.25, 0.3) is 0 Å². The summed E-state index contributed by atoms with van der Waals surface area (Å²) in [5, 5.41) is 11.0. The van der Waals surface area contributed by atoms with Crippen LogP contribution in [-0.2, 0) is 4.79 Å². The maximum Gasteiger partial charge on any atom is 0.156 e. The lowest BCUT2D eigenvalue weighted by atomic mass is 9.53. The highest BCUT2D eigenvalue weighted by atomic mass is 16.5. The highest BCUT2D eigenvalue weighted by Gasteiger charge is 2.56. The van der Waals surface area contributed by atoms with Crippen molar-refractivity contribution in [3.63, 3.8) is 0 Å². The SMILES string of the molecule is C#CC.COc1ccc(C2CC3(C)C(O)CCC3C3CCC4=CC(=O)CCC4=C23)cc1C. The molecule has 0 spiro atoms. The van der Waals surface area contributed by atoms with Gasteiger partial charge in [-0.15, -0.1) is 12.3 Å². The number of hydrogen-bond acceptors (Lipinski definition) is 3. The van der Waals surface area contributed by atoms with Gasteiger partial charge in [-0.3, -0.25) is 4.79 Å². The van der Waals surface area contributed by atoms with Gasteiger partial charge < -0.3 is 9.84 Å². The van der Waals surface area contributed by atoms with Crippen LogP contribution in [-0.4, -0.2) is 24.1 Å². The predicted octanol–water partition coefficient (Wildman–Crippen LogP) is 5.90. The molecule has 3 nitrogen and oxygen atoms in total. The van der Waals surface area contributed by atoms with Crippen molar-refractivity contribution in [3.05, 3.63) is 52.1 Å². The van der Waals surface area contributed by atoms with E-state index < -0.39 is 0 Å². The number of benzene rings is 1. The van der Waals surface area contributed by atoms with Gasteiger partial charge in [-0.1, -0.05) is 24.6 Å². The molecule has 5 unspecified atom stereocenters. The molecule has 0 radical (unpaired) electrons. The van der Waals surface area contributed by atoms with Crippen LogP contribution in [0, 0.1) is 36.5 Å². The number of allylic oxidation sites excluding steroid dienone is 4. The number of hydrogen-bond donors (Lipinski definition) is 1. The van der Waals surface area contributed by atoms with E-state index in [-0.39, 0.29) is 17.3 Å². The number of fused-ring (bicyclic) bond motifs is 4. The van der Waals surface area contributed by atoms with Gasteiger partial charge >= 0.3 is 0 Å². The number of ketones is 1. The maximum atomic E-state index is 12.1. The van der Waals surface area contributed by atoms with Crippen LogP contribution >= 0.6 is 0 Å². The molecule has 2 saturated carbocycles. The molecular formula is C29H36O3. The summed E-state index contributed by atoms with van der Waals surface area (Å²) >= 11 is 0. The predicted molar refractivity (Wildman–Crippen MR) is 129 cm³/mol. The number of terminal acetylenes is 1. The monoisotopic (exact) mass is 432 g/mol. The Bertz CT molecular complexity index is 1010. The molecule has 170 valence electrons. The number of carbonyl (C=O) groups excluding carboxylic acids is 1. The molecule has 0 bridgehead atoms. The molecule has 2 fully saturated rings. The zero-order valence-electron chi connectivity index (χ0n) is 19.9. The van der Waals surface area contributed by atoms with Crippen LogP contribution in [0.15, 0.2) is 41.0 Å². The third-order valence-corrected chi connectivity index (χ3v) is 8.50. The molecule has 0 amide bonds. The summed E-state index contributed by atoms with van der Waals surface area (Å²) < 4.78 is 5.50. The second-order valence-electron chi connectivity index (χ2n) is 10.2. The molecule has 0 saturated heterocycles. The van der Waals surface area contributed by atoms with E-state index in [4.69, 9.17) is 4.74 Å². The zero-order valence-corrected chi connectivity index (χ0v) is 19.9. The summed E-state index contributed by atoms with van der Waals surface area (Å²) in [4.78, 5) is 12.1. The van der Waals surface area contributed by atoms with Crippen LogP contribution in [0.3, 0.4) is 0 Å². The van der Waals surface area contributed by atoms with E-state index in [1.54, 1.807) is 19.6 Å². The maximum absolute atomic E-state index is 12.1. The molecule has 1 aromatic carbocycles. The number of carbonyl (C=O) groups is 1. The lowest BCUT2D eigenvalue weighted by Crippen LogP contribution is -2.45. The quantitative estimate of drug-likeness (QED) is 0.592. The van der Waals surface area contributed by atoms with Crippen molar-refractivity contribution in [1.29, 1.82) is 0 Å². The minimum atomic E-state index is -0.203.